The molecule has 6 heteroatoms. The lowest BCUT2D eigenvalue weighted by Gasteiger charge is -2.32. The molecule has 1 aromatic rings. The Kier molecular flexibility index (Phi) is 4.59. The Hall–Kier alpha value is -1.66. The number of methoxy groups -OCH3 is 1. The van der Waals surface area contributed by atoms with Crippen LogP contribution in [-0.4, -0.2) is 56.5 Å². The lowest BCUT2D eigenvalue weighted by atomic mass is 10.1. The maximum Gasteiger partial charge on any atom is 0.317 e. The van der Waals surface area contributed by atoms with Crippen molar-refractivity contribution < 1.29 is 18.7 Å². The van der Waals surface area contributed by atoms with E-state index in [1.807, 2.05) is 6.07 Å². The van der Waals surface area contributed by atoms with Gasteiger partial charge in [-0.3, -0.25) is 0 Å². The van der Waals surface area contributed by atoms with Gasteiger partial charge >= 0.3 is 6.03 Å². The average Bonchev–Trinajstić information content (AvgIpc) is 3.27. The second-order valence-corrected chi connectivity index (χ2v) is 5.85. The topological polar surface area (TPSA) is 50.8 Å². The minimum atomic E-state index is -0.231. The molecule has 0 unspecified atom stereocenters. The van der Waals surface area contributed by atoms with Gasteiger partial charge in [-0.2, -0.15) is 0 Å². The number of urea groups is 1. The Labute approximate surface area is 129 Å². The van der Waals surface area contributed by atoms with Crippen LogP contribution < -0.4 is 5.32 Å². The molecule has 1 aromatic carbocycles. The van der Waals surface area contributed by atoms with Gasteiger partial charge in [0.2, 0.25) is 0 Å². The molecule has 0 bridgehead atoms. The first-order valence-corrected chi connectivity index (χ1v) is 7.59. The van der Waals surface area contributed by atoms with Crippen LogP contribution in [-0.2, 0) is 9.47 Å². The fourth-order valence-corrected chi connectivity index (χ4v) is 2.90. The number of amides is 2. The third kappa shape index (κ3) is 3.56. The number of rotatable bonds is 4. The van der Waals surface area contributed by atoms with Gasteiger partial charge < -0.3 is 19.7 Å². The third-order valence-electron chi connectivity index (χ3n) is 4.15. The summed E-state index contributed by atoms with van der Waals surface area (Å²) in [6.45, 7) is 2.14. The summed E-state index contributed by atoms with van der Waals surface area (Å²) in [4.78, 5) is 14.0. The number of ether oxygens (including phenoxy) is 2. The number of nitrogens with zero attached hydrogens (tertiary/aromatic N) is 1. The molecule has 1 N–H and O–H groups in total. The van der Waals surface area contributed by atoms with E-state index in [1.54, 1.807) is 24.1 Å². The van der Waals surface area contributed by atoms with E-state index in [1.165, 1.54) is 6.07 Å². The van der Waals surface area contributed by atoms with Crippen molar-refractivity contribution in [2.45, 2.75) is 24.5 Å². The molecule has 1 aliphatic heterocycles. The Morgan fingerprint density at radius 2 is 2.41 bits per heavy atom. The van der Waals surface area contributed by atoms with Gasteiger partial charge in [0, 0.05) is 25.6 Å². The molecule has 22 heavy (non-hydrogen) atoms. The molecule has 1 heterocycles. The SMILES string of the molecule is COC[C@@H]1CN(C(=O)N[C@@H]2C[C@@H]2c2cccc(F)c2)CCO1. The number of nitrogens with one attached hydrogen (secondary N) is 1. The van der Waals surface area contributed by atoms with E-state index in [9.17, 15) is 9.18 Å². The number of benzene rings is 1. The molecule has 3 rings (SSSR count). The van der Waals surface area contributed by atoms with Gasteiger partial charge in [-0.15, -0.1) is 0 Å². The van der Waals surface area contributed by atoms with Crippen molar-refractivity contribution in [3.8, 4) is 0 Å². The molecule has 0 spiro atoms. The molecule has 2 amide bonds. The van der Waals surface area contributed by atoms with Crippen LogP contribution in [0.5, 0.6) is 0 Å². The van der Waals surface area contributed by atoms with E-state index in [4.69, 9.17) is 9.47 Å². The molecule has 2 aliphatic rings. The zero-order valence-electron chi connectivity index (χ0n) is 12.6. The highest BCUT2D eigenvalue weighted by Crippen LogP contribution is 2.41. The van der Waals surface area contributed by atoms with E-state index in [2.05, 4.69) is 5.32 Å². The number of hydrogen-bond donors (Lipinski definition) is 1. The van der Waals surface area contributed by atoms with Crippen molar-refractivity contribution >= 4 is 6.03 Å². The molecular weight excluding hydrogens is 287 g/mol. The van der Waals surface area contributed by atoms with Gasteiger partial charge in [-0.25, -0.2) is 9.18 Å². The summed E-state index contributed by atoms with van der Waals surface area (Å²) in [7, 11) is 1.62. The van der Waals surface area contributed by atoms with Crippen LogP contribution in [0.2, 0.25) is 0 Å². The highest BCUT2D eigenvalue weighted by molar-refractivity contribution is 5.75. The van der Waals surface area contributed by atoms with Crippen molar-refractivity contribution in [1.29, 1.82) is 0 Å². The van der Waals surface area contributed by atoms with Crippen LogP contribution in [0.15, 0.2) is 24.3 Å². The molecule has 0 aromatic heterocycles. The number of morpholine rings is 1. The number of halogens is 1. The fraction of sp³-hybridized carbons (Fsp3) is 0.562. The fourth-order valence-electron chi connectivity index (χ4n) is 2.90. The van der Waals surface area contributed by atoms with Crippen LogP contribution >= 0.6 is 0 Å². The predicted molar refractivity (Wildman–Crippen MR) is 79.3 cm³/mol. The molecule has 0 radical (unpaired) electrons. The molecule has 3 atom stereocenters. The van der Waals surface area contributed by atoms with Crippen LogP contribution in [0.3, 0.4) is 0 Å². The number of carbonyl (C=O) groups excluding carboxylic acids is 1. The van der Waals surface area contributed by atoms with Crippen LogP contribution in [0.4, 0.5) is 9.18 Å². The lowest BCUT2D eigenvalue weighted by molar-refractivity contribution is -0.0494. The minimum Gasteiger partial charge on any atom is -0.382 e. The number of carbonyl (C=O) groups is 1. The molecule has 120 valence electrons. The van der Waals surface area contributed by atoms with Crippen molar-refractivity contribution in [3.05, 3.63) is 35.6 Å². The standard InChI is InChI=1S/C16H21FN2O3/c1-21-10-13-9-19(5-6-22-13)16(20)18-15-8-14(15)11-3-2-4-12(17)7-11/h2-4,7,13-15H,5-6,8-10H2,1H3,(H,18,20)/t13-,14+,15+/m0/s1. The summed E-state index contributed by atoms with van der Waals surface area (Å²) in [5.74, 6) is -0.0134. The first kappa shape index (κ1) is 15.2. The monoisotopic (exact) mass is 308 g/mol. The zero-order chi connectivity index (χ0) is 15.5. The zero-order valence-corrected chi connectivity index (χ0v) is 12.6. The summed E-state index contributed by atoms with van der Waals surface area (Å²) < 4.78 is 23.8. The summed E-state index contributed by atoms with van der Waals surface area (Å²) >= 11 is 0. The molecular formula is C16H21FN2O3. The first-order valence-electron chi connectivity index (χ1n) is 7.59. The maximum absolute atomic E-state index is 13.2. The summed E-state index contributed by atoms with van der Waals surface area (Å²) in [5, 5.41) is 3.02. The Morgan fingerprint density at radius 3 is 3.18 bits per heavy atom. The quantitative estimate of drug-likeness (QED) is 0.922. The predicted octanol–water partition coefficient (Wildman–Crippen LogP) is 1.74. The Bertz CT molecular complexity index is 538. The van der Waals surface area contributed by atoms with E-state index < -0.39 is 0 Å². The Morgan fingerprint density at radius 1 is 1.55 bits per heavy atom. The van der Waals surface area contributed by atoms with Crippen LogP contribution in [0.25, 0.3) is 0 Å². The van der Waals surface area contributed by atoms with Crippen molar-refractivity contribution in [1.82, 2.24) is 10.2 Å². The van der Waals surface area contributed by atoms with Crippen LogP contribution in [0.1, 0.15) is 17.9 Å². The van der Waals surface area contributed by atoms with Crippen molar-refractivity contribution in [2.75, 3.05) is 33.4 Å². The molecule has 5 nitrogen and oxygen atoms in total. The van der Waals surface area contributed by atoms with Gasteiger partial charge in [0.1, 0.15) is 5.82 Å². The Balaban J connectivity index is 1.51. The van der Waals surface area contributed by atoms with Gasteiger partial charge in [-0.1, -0.05) is 12.1 Å². The average molecular weight is 308 g/mol. The van der Waals surface area contributed by atoms with E-state index in [-0.39, 0.29) is 29.9 Å². The lowest BCUT2D eigenvalue weighted by Crippen LogP contribution is -2.51. The summed E-state index contributed by atoms with van der Waals surface area (Å²) in [5.41, 5.74) is 0.949. The summed E-state index contributed by atoms with van der Waals surface area (Å²) in [6, 6.07) is 6.61. The molecule has 1 saturated heterocycles. The molecule has 1 saturated carbocycles. The first-order chi connectivity index (χ1) is 10.7. The van der Waals surface area contributed by atoms with E-state index >= 15 is 0 Å². The second-order valence-electron chi connectivity index (χ2n) is 5.85. The highest BCUT2D eigenvalue weighted by atomic mass is 19.1. The minimum absolute atomic E-state index is 0.0669. The highest BCUT2D eigenvalue weighted by Gasteiger charge is 2.40. The van der Waals surface area contributed by atoms with Crippen molar-refractivity contribution in [2.24, 2.45) is 0 Å². The van der Waals surface area contributed by atoms with Gasteiger partial charge in [0.25, 0.3) is 0 Å². The molecule has 2 fully saturated rings. The van der Waals surface area contributed by atoms with E-state index in [0.717, 1.165) is 12.0 Å². The van der Waals surface area contributed by atoms with Crippen LogP contribution in [0, 0.1) is 5.82 Å². The van der Waals surface area contributed by atoms with Gasteiger partial charge in [0.05, 0.1) is 25.9 Å². The maximum atomic E-state index is 13.2. The second kappa shape index (κ2) is 6.62. The number of hydrogen-bond acceptors (Lipinski definition) is 3. The third-order valence-corrected chi connectivity index (χ3v) is 4.15. The summed E-state index contributed by atoms with van der Waals surface area (Å²) in [6.07, 6.45) is 0.795. The van der Waals surface area contributed by atoms with Crippen molar-refractivity contribution in [3.63, 3.8) is 0 Å². The van der Waals surface area contributed by atoms with Gasteiger partial charge in [-0.05, 0) is 24.1 Å². The molecule has 1 aliphatic carbocycles. The van der Waals surface area contributed by atoms with Gasteiger partial charge in [0.15, 0.2) is 0 Å². The smallest absolute Gasteiger partial charge is 0.317 e. The normalized spacial score (nSPS) is 27.5. The largest absolute Gasteiger partial charge is 0.382 e. The van der Waals surface area contributed by atoms with E-state index in [0.29, 0.717) is 26.3 Å².